The molecule has 1 aromatic rings. The van der Waals surface area contributed by atoms with Crippen LogP contribution in [-0.2, 0) is 4.79 Å². The number of carbonyl (C=O) groups is 1. The van der Waals surface area contributed by atoms with Crippen molar-refractivity contribution < 1.29 is 9.90 Å². The summed E-state index contributed by atoms with van der Waals surface area (Å²) in [4.78, 5) is 14.3. The van der Waals surface area contributed by atoms with Crippen molar-refractivity contribution in [1.82, 2.24) is 4.98 Å². The highest BCUT2D eigenvalue weighted by molar-refractivity contribution is 5.72. The van der Waals surface area contributed by atoms with E-state index in [1.54, 1.807) is 6.20 Å². The lowest BCUT2D eigenvalue weighted by atomic mass is 10.1. The van der Waals surface area contributed by atoms with E-state index in [0.29, 0.717) is 11.7 Å². The fourth-order valence-corrected chi connectivity index (χ4v) is 1.07. The standard InChI is InChI=1S/C10H14N2O2/c1-7(2)8-3-4-11-9(5-8)12-6-10(13)14/h3-5,7H,6H2,1-2H3,(H,11,12)(H,13,14). The Bertz CT molecular complexity index is 324. The van der Waals surface area contributed by atoms with Gasteiger partial charge in [0.15, 0.2) is 0 Å². The molecule has 0 radical (unpaired) electrons. The van der Waals surface area contributed by atoms with Crippen LogP contribution < -0.4 is 5.32 Å². The van der Waals surface area contributed by atoms with E-state index in [0.717, 1.165) is 5.56 Å². The van der Waals surface area contributed by atoms with Gasteiger partial charge >= 0.3 is 5.97 Å². The third-order valence-corrected chi connectivity index (χ3v) is 1.87. The van der Waals surface area contributed by atoms with E-state index < -0.39 is 5.97 Å². The molecule has 0 amide bonds. The van der Waals surface area contributed by atoms with Crippen LogP contribution in [0.3, 0.4) is 0 Å². The molecular formula is C10H14N2O2. The summed E-state index contributed by atoms with van der Waals surface area (Å²) >= 11 is 0. The van der Waals surface area contributed by atoms with Crippen molar-refractivity contribution in [3.8, 4) is 0 Å². The van der Waals surface area contributed by atoms with Gasteiger partial charge in [-0.25, -0.2) is 4.98 Å². The van der Waals surface area contributed by atoms with Gasteiger partial charge in [0.1, 0.15) is 12.4 Å². The topological polar surface area (TPSA) is 62.2 Å². The Balaban J connectivity index is 2.68. The first-order valence-corrected chi connectivity index (χ1v) is 4.51. The summed E-state index contributed by atoms with van der Waals surface area (Å²) in [6.45, 7) is 4.06. The van der Waals surface area contributed by atoms with E-state index in [-0.39, 0.29) is 6.54 Å². The van der Waals surface area contributed by atoms with Crippen LogP contribution in [0.5, 0.6) is 0 Å². The number of hydrogen-bond donors (Lipinski definition) is 2. The molecule has 1 heterocycles. The van der Waals surface area contributed by atoms with Crippen LogP contribution >= 0.6 is 0 Å². The molecule has 0 fully saturated rings. The van der Waals surface area contributed by atoms with Crippen LogP contribution in [0.1, 0.15) is 25.3 Å². The highest BCUT2D eigenvalue weighted by Gasteiger charge is 2.02. The normalized spacial score (nSPS) is 10.2. The van der Waals surface area contributed by atoms with E-state index in [2.05, 4.69) is 24.1 Å². The second kappa shape index (κ2) is 4.60. The zero-order valence-electron chi connectivity index (χ0n) is 8.32. The van der Waals surface area contributed by atoms with Crippen molar-refractivity contribution in [1.29, 1.82) is 0 Å². The van der Waals surface area contributed by atoms with Crippen LogP contribution in [0.25, 0.3) is 0 Å². The number of aromatic nitrogens is 1. The monoisotopic (exact) mass is 194 g/mol. The molecule has 0 bridgehead atoms. The molecule has 4 nitrogen and oxygen atoms in total. The summed E-state index contributed by atoms with van der Waals surface area (Å²) in [5.41, 5.74) is 1.15. The van der Waals surface area contributed by atoms with E-state index in [1.807, 2.05) is 12.1 Å². The lowest BCUT2D eigenvalue weighted by molar-refractivity contribution is -0.134. The predicted octanol–water partition coefficient (Wildman–Crippen LogP) is 1.70. The maximum atomic E-state index is 10.3. The Kier molecular flexibility index (Phi) is 3.45. The summed E-state index contributed by atoms with van der Waals surface area (Å²) in [5, 5.41) is 11.2. The molecule has 4 heteroatoms. The number of rotatable bonds is 4. The molecule has 76 valence electrons. The number of nitrogens with zero attached hydrogens (tertiary/aromatic N) is 1. The van der Waals surface area contributed by atoms with E-state index in [9.17, 15) is 4.79 Å². The number of anilines is 1. The number of carboxylic acid groups (broad SMARTS) is 1. The fraction of sp³-hybridized carbons (Fsp3) is 0.400. The molecule has 14 heavy (non-hydrogen) atoms. The molecule has 0 saturated heterocycles. The second-order valence-electron chi connectivity index (χ2n) is 3.38. The molecule has 1 aromatic heterocycles. The van der Waals surface area contributed by atoms with Gasteiger partial charge in [-0.15, -0.1) is 0 Å². The molecule has 0 aromatic carbocycles. The number of hydrogen-bond acceptors (Lipinski definition) is 3. The highest BCUT2D eigenvalue weighted by atomic mass is 16.4. The van der Waals surface area contributed by atoms with Crippen molar-refractivity contribution in [2.45, 2.75) is 19.8 Å². The number of nitrogens with one attached hydrogen (secondary N) is 1. The van der Waals surface area contributed by atoms with Gasteiger partial charge in [-0.05, 0) is 23.6 Å². The minimum absolute atomic E-state index is 0.103. The summed E-state index contributed by atoms with van der Waals surface area (Å²) in [6, 6.07) is 3.80. The third kappa shape index (κ3) is 3.05. The van der Waals surface area contributed by atoms with Crippen LogP contribution in [-0.4, -0.2) is 22.6 Å². The van der Waals surface area contributed by atoms with Gasteiger partial charge in [-0.1, -0.05) is 13.8 Å². The Morgan fingerprint density at radius 3 is 2.93 bits per heavy atom. The molecule has 2 N–H and O–H groups in total. The van der Waals surface area contributed by atoms with Gasteiger partial charge < -0.3 is 10.4 Å². The zero-order chi connectivity index (χ0) is 10.6. The largest absolute Gasteiger partial charge is 0.480 e. The lowest BCUT2D eigenvalue weighted by Crippen LogP contribution is -2.13. The maximum Gasteiger partial charge on any atom is 0.322 e. The van der Waals surface area contributed by atoms with E-state index >= 15 is 0 Å². The number of carboxylic acids is 1. The molecule has 0 aliphatic heterocycles. The molecule has 0 spiro atoms. The highest BCUT2D eigenvalue weighted by Crippen LogP contribution is 2.15. The minimum Gasteiger partial charge on any atom is -0.480 e. The second-order valence-corrected chi connectivity index (χ2v) is 3.38. The summed E-state index contributed by atoms with van der Waals surface area (Å²) < 4.78 is 0. The van der Waals surface area contributed by atoms with Crippen LogP contribution in [0, 0.1) is 0 Å². The lowest BCUT2D eigenvalue weighted by Gasteiger charge is -2.07. The molecule has 0 unspecified atom stereocenters. The Morgan fingerprint density at radius 2 is 2.36 bits per heavy atom. The Labute approximate surface area is 83.0 Å². The van der Waals surface area contributed by atoms with E-state index in [4.69, 9.17) is 5.11 Å². The maximum absolute atomic E-state index is 10.3. The number of aliphatic carboxylic acids is 1. The van der Waals surface area contributed by atoms with Gasteiger partial charge in [0.2, 0.25) is 0 Å². The third-order valence-electron chi connectivity index (χ3n) is 1.87. The SMILES string of the molecule is CC(C)c1ccnc(NCC(=O)O)c1. The van der Waals surface area contributed by atoms with Crippen LogP contribution in [0.2, 0.25) is 0 Å². The Hall–Kier alpha value is -1.58. The van der Waals surface area contributed by atoms with Gasteiger partial charge in [-0.2, -0.15) is 0 Å². The van der Waals surface area contributed by atoms with Crippen molar-refractivity contribution in [3.05, 3.63) is 23.9 Å². The smallest absolute Gasteiger partial charge is 0.322 e. The average Bonchev–Trinajstić information content (AvgIpc) is 2.15. The van der Waals surface area contributed by atoms with Crippen molar-refractivity contribution in [2.24, 2.45) is 0 Å². The summed E-state index contributed by atoms with van der Waals surface area (Å²) in [7, 11) is 0. The molecule has 0 atom stereocenters. The van der Waals surface area contributed by atoms with Crippen LogP contribution in [0.15, 0.2) is 18.3 Å². The van der Waals surface area contributed by atoms with Gasteiger partial charge in [-0.3, -0.25) is 4.79 Å². The molecular weight excluding hydrogens is 180 g/mol. The van der Waals surface area contributed by atoms with Gasteiger partial charge in [0.25, 0.3) is 0 Å². The van der Waals surface area contributed by atoms with E-state index in [1.165, 1.54) is 0 Å². The van der Waals surface area contributed by atoms with Gasteiger partial charge in [0, 0.05) is 6.20 Å². The zero-order valence-corrected chi connectivity index (χ0v) is 8.32. The first-order chi connectivity index (χ1) is 6.59. The first-order valence-electron chi connectivity index (χ1n) is 4.51. The Morgan fingerprint density at radius 1 is 1.64 bits per heavy atom. The fourth-order valence-electron chi connectivity index (χ4n) is 1.07. The average molecular weight is 194 g/mol. The summed E-state index contributed by atoms with van der Waals surface area (Å²) in [6.07, 6.45) is 1.68. The van der Waals surface area contributed by atoms with Crippen molar-refractivity contribution in [2.75, 3.05) is 11.9 Å². The van der Waals surface area contributed by atoms with Gasteiger partial charge in [0.05, 0.1) is 0 Å². The molecule has 0 aliphatic carbocycles. The minimum atomic E-state index is -0.887. The summed E-state index contributed by atoms with van der Waals surface area (Å²) in [5.74, 6) is 0.142. The molecule has 0 saturated carbocycles. The predicted molar refractivity (Wildman–Crippen MR) is 54.5 cm³/mol. The molecule has 0 aliphatic rings. The van der Waals surface area contributed by atoms with Crippen molar-refractivity contribution >= 4 is 11.8 Å². The van der Waals surface area contributed by atoms with Crippen LogP contribution in [0.4, 0.5) is 5.82 Å². The van der Waals surface area contributed by atoms with Crippen molar-refractivity contribution in [3.63, 3.8) is 0 Å². The number of pyridine rings is 1. The first kappa shape index (κ1) is 10.5. The quantitative estimate of drug-likeness (QED) is 0.765. The molecule has 1 rings (SSSR count).